The molecule has 1 aromatic carbocycles. The Labute approximate surface area is 122 Å². The zero-order valence-electron chi connectivity index (χ0n) is 13.1. The molecule has 3 nitrogen and oxygen atoms in total. The van der Waals surface area contributed by atoms with Crippen LogP contribution in [0.25, 0.3) is 0 Å². The highest BCUT2D eigenvalue weighted by atomic mass is 16.5. The minimum Gasteiger partial charge on any atom is -0.387 e. The Balaban J connectivity index is 2.06. The van der Waals surface area contributed by atoms with Crippen LogP contribution in [0, 0.1) is 6.92 Å². The van der Waals surface area contributed by atoms with Gasteiger partial charge in [-0.1, -0.05) is 29.8 Å². The van der Waals surface area contributed by atoms with Crippen molar-refractivity contribution >= 4 is 0 Å². The lowest BCUT2D eigenvalue weighted by Crippen LogP contribution is -2.51. The van der Waals surface area contributed by atoms with Gasteiger partial charge in [0.25, 0.3) is 0 Å². The van der Waals surface area contributed by atoms with Crippen molar-refractivity contribution in [2.24, 2.45) is 0 Å². The van der Waals surface area contributed by atoms with Crippen LogP contribution in [0.5, 0.6) is 0 Å². The van der Waals surface area contributed by atoms with Gasteiger partial charge in [-0.25, -0.2) is 0 Å². The highest BCUT2D eigenvalue weighted by Gasteiger charge is 2.34. The molecule has 112 valence electrons. The molecule has 0 bridgehead atoms. The van der Waals surface area contributed by atoms with Crippen molar-refractivity contribution in [1.29, 1.82) is 0 Å². The van der Waals surface area contributed by atoms with Crippen LogP contribution in [0.3, 0.4) is 0 Å². The second-order valence-corrected chi connectivity index (χ2v) is 6.32. The third-order valence-corrected chi connectivity index (χ3v) is 4.63. The number of likely N-dealkylation sites (tertiary alicyclic amines) is 1. The summed E-state index contributed by atoms with van der Waals surface area (Å²) in [6.45, 7) is 8.24. The number of piperidine rings is 1. The molecule has 1 aliphatic rings. The maximum absolute atomic E-state index is 10.6. The first-order chi connectivity index (χ1) is 9.45. The van der Waals surface area contributed by atoms with Gasteiger partial charge in [-0.3, -0.25) is 4.90 Å². The number of benzene rings is 1. The van der Waals surface area contributed by atoms with Crippen molar-refractivity contribution in [3.8, 4) is 0 Å². The van der Waals surface area contributed by atoms with Crippen molar-refractivity contribution in [2.75, 3.05) is 20.2 Å². The van der Waals surface area contributed by atoms with Crippen LogP contribution >= 0.6 is 0 Å². The molecule has 1 heterocycles. The van der Waals surface area contributed by atoms with Crippen LogP contribution in [0.2, 0.25) is 0 Å². The molecule has 1 N–H and O–H groups in total. The van der Waals surface area contributed by atoms with Gasteiger partial charge in [0.1, 0.15) is 0 Å². The monoisotopic (exact) mass is 277 g/mol. The van der Waals surface area contributed by atoms with Gasteiger partial charge in [0, 0.05) is 19.7 Å². The summed E-state index contributed by atoms with van der Waals surface area (Å²) in [5.41, 5.74) is 2.13. The van der Waals surface area contributed by atoms with Crippen LogP contribution in [-0.4, -0.2) is 41.8 Å². The fraction of sp³-hybridized carbons (Fsp3) is 0.647. The average molecular weight is 277 g/mol. The van der Waals surface area contributed by atoms with E-state index >= 15 is 0 Å². The van der Waals surface area contributed by atoms with Crippen molar-refractivity contribution < 1.29 is 9.84 Å². The number of aliphatic hydroxyl groups excluding tert-OH is 1. The molecule has 1 aromatic rings. The summed E-state index contributed by atoms with van der Waals surface area (Å²) in [6.07, 6.45) is 1.76. The van der Waals surface area contributed by atoms with Gasteiger partial charge < -0.3 is 9.84 Å². The maximum atomic E-state index is 10.6. The summed E-state index contributed by atoms with van der Waals surface area (Å²) in [6, 6.07) is 8.26. The Hall–Kier alpha value is -0.900. The van der Waals surface area contributed by atoms with Crippen LogP contribution in [0.15, 0.2) is 24.3 Å². The molecule has 1 saturated heterocycles. The van der Waals surface area contributed by atoms with E-state index in [1.807, 2.05) is 12.1 Å². The second kappa shape index (κ2) is 6.25. The lowest BCUT2D eigenvalue weighted by atomic mass is 9.92. The van der Waals surface area contributed by atoms with Gasteiger partial charge in [-0.2, -0.15) is 0 Å². The second-order valence-electron chi connectivity index (χ2n) is 6.32. The Morgan fingerprint density at radius 1 is 1.30 bits per heavy atom. The molecule has 0 amide bonds. The summed E-state index contributed by atoms with van der Waals surface area (Å²) >= 11 is 0. The predicted octanol–water partition coefficient (Wildman–Crippen LogP) is 2.92. The van der Waals surface area contributed by atoms with E-state index in [2.05, 4.69) is 37.8 Å². The van der Waals surface area contributed by atoms with E-state index in [4.69, 9.17) is 4.74 Å². The van der Waals surface area contributed by atoms with E-state index in [-0.39, 0.29) is 11.6 Å². The molecular weight excluding hydrogens is 250 g/mol. The Bertz CT molecular complexity index is 431. The number of aryl methyl sites for hydroxylation is 1. The fourth-order valence-electron chi connectivity index (χ4n) is 3.00. The fourth-order valence-corrected chi connectivity index (χ4v) is 3.00. The molecule has 3 unspecified atom stereocenters. The zero-order chi connectivity index (χ0) is 14.8. The minimum absolute atomic E-state index is 0.0838. The van der Waals surface area contributed by atoms with Crippen molar-refractivity contribution in [3.05, 3.63) is 35.4 Å². The maximum Gasteiger partial charge on any atom is 0.0942 e. The smallest absolute Gasteiger partial charge is 0.0942 e. The lowest BCUT2D eigenvalue weighted by molar-refractivity contribution is -0.0739. The standard InChI is InChI=1S/C17H27NO2/c1-13-6-8-15(9-7-13)16(19)14(2)18-11-5-10-17(3,12-18)20-4/h6-9,14,16,19H,5,10-12H2,1-4H3. The molecular formula is C17H27NO2. The largest absolute Gasteiger partial charge is 0.387 e. The molecule has 20 heavy (non-hydrogen) atoms. The van der Waals surface area contributed by atoms with Gasteiger partial charge in [0.15, 0.2) is 0 Å². The van der Waals surface area contributed by atoms with Crippen LogP contribution in [-0.2, 0) is 4.74 Å². The number of hydrogen-bond acceptors (Lipinski definition) is 3. The highest BCUT2D eigenvalue weighted by Crippen LogP contribution is 2.29. The van der Waals surface area contributed by atoms with E-state index in [1.165, 1.54) is 5.56 Å². The lowest BCUT2D eigenvalue weighted by Gasteiger charge is -2.43. The number of methoxy groups -OCH3 is 1. The van der Waals surface area contributed by atoms with Gasteiger partial charge in [0.2, 0.25) is 0 Å². The number of ether oxygens (including phenoxy) is 1. The normalized spacial score (nSPS) is 27.2. The average Bonchev–Trinajstić information content (AvgIpc) is 2.46. The first-order valence-electron chi connectivity index (χ1n) is 7.49. The van der Waals surface area contributed by atoms with Crippen molar-refractivity contribution in [1.82, 2.24) is 4.90 Å². The van der Waals surface area contributed by atoms with E-state index in [0.29, 0.717) is 0 Å². The SMILES string of the molecule is COC1(C)CCCN(C(C)C(O)c2ccc(C)cc2)C1. The zero-order valence-corrected chi connectivity index (χ0v) is 13.1. The van der Waals surface area contributed by atoms with E-state index in [1.54, 1.807) is 7.11 Å². The summed E-state index contributed by atoms with van der Waals surface area (Å²) in [7, 11) is 1.78. The molecule has 1 aliphatic heterocycles. The van der Waals surface area contributed by atoms with Crippen molar-refractivity contribution in [2.45, 2.75) is 51.4 Å². The number of nitrogens with zero attached hydrogens (tertiary/aromatic N) is 1. The topological polar surface area (TPSA) is 32.7 Å². The third kappa shape index (κ3) is 3.40. The van der Waals surface area contributed by atoms with E-state index in [9.17, 15) is 5.11 Å². The Kier molecular flexibility index (Phi) is 4.84. The number of aliphatic hydroxyl groups is 1. The van der Waals surface area contributed by atoms with Crippen LogP contribution in [0.4, 0.5) is 0 Å². The molecule has 0 aromatic heterocycles. The van der Waals surface area contributed by atoms with Crippen molar-refractivity contribution in [3.63, 3.8) is 0 Å². The molecule has 0 saturated carbocycles. The van der Waals surface area contributed by atoms with Gasteiger partial charge in [0.05, 0.1) is 11.7 Å². The number of rotatable bonds is 4. The molecule has 3 heteroatoms. The molecule has 0 spiro atoms. The number of hydrogen-bond donors (Lipinski definition) is 1. The molecule has 1 fully saturated rings. The van der Waals surface area contributed by atoms with Crippen LogP contribution in [0.1, 0.15) is 43.9 Å². The Morgan fingerprint density at radius 3 is 2.55 bits per heavy atom. The molecule has 0 aliphatic carbocycles. The molecule has 2 rings (SSSR count). The molecule has 3 atom stereocenters. The first kappa shape index (κ1) is 15.5. The minimum atomic E-state index is -0.449. The van der Waals surface area contributed by atoms with Gasteiger partial charge in [-0.15, -0.1) is 0 Å². The molecule has 0 radical (unpaired) electrons. The third-order valence-electron chi connectivity index (χ3n) is 4.63. The highest BCUT2D eigenvalue weighted by molar-refractivity contribution is 5.24. The van der Waals surface area contributed by atoms with E-state index in [0.717, 1.165) is 31.5 Å². The summed E-state index contributed by atoms with van der Waals surface area (Å²) in [5.74, 6) is 0. The predicted molar refractivity (Wildman–Crippen MR) is 81.8 cm³/mol. The quantitative estimate of drug-likeness (QED) is 0.918. The van der Waals surface area contributed by atoms with Gasteiger partial charge in [-0.05, 0) is 45.7 Å². The van der Waals surface area contributed by atoms with Crippen LogP contribution < -0.4 is 0 Å². The Morgan fingerprint density at radius 2 is 1.95 bits per heavy atom. The summed E-state index contributed by atoms with van der Waals surface area (Å²) in [5, 5.41) is 10.6. The first-order valence-corrected chi connectivity index (χ1v) is 7.49. The summed E-state index contributed by atoms with van der Waals surface area (Å²) in [4.78, 5) is 2.34. The summed E-state index contributed by atoms with van der Waals surface area (Å²) < 4.78 is 5.64. The van der Waals surface area contributed by atoms with E-state index < -0.39 is 6.10 Å². The van der Waals surface area contributed by atoms with Gasteiger partial charge >= 0.3 is 0 Å².